The number of amides is 2. The van der Waals surface area contributed by atoms with Gasteiger partial charge in [0, 0.05) is 37.4 Å². The van der Waals surface area contributed by atoms with E-state index >= 15 is 0 Å². The van der Waals surface area contributed by atoms with Gasteiger partial charge in [-0.2, -0.15) is 0 Å². The number of aromatic nitrogens is 2. The van der Waals surface area contributed by atoms with Gasteiger partial charge in [0.25, 0.3) is 5.91 Å². The Morgan fingerprint density at radius 2 is 2.25 bits per heavy atom. The van der Waals surface area contributed by atoms with Crippen molar-refractivity contribution in [2.24, 2.45) is 0 Å². The van der Waals surface area contributed by atoms with Gasteiger partial charge in [-0.05, 0) is 37.3 Å². The highest BCUT2D eigenvalue weighted by atomic mass is 32.1. The van der Waals surface area contributed by atoms with Gasteiger partial charge in [0.2, 0.25) is 5.91 Å². The molecule has 1 fully saturated rings. The molecule has 0 spiro atoms. The lowest BCUT2D eigenvalue weighted by Gasteiger charge is -2.34. The smallest absolute Gasteiger partial charge is 0.274 e. The van der Waals surface area contributed by atoms with Crippen molar-refractivity contribution in [3.63, 3.8) is 0 Å². The minimum Gasteiger partial charge on any atom is -0.362 e. The maximum Gasteiger partial charge on any atom is 0.274 e. The van der Waals surface area contributed by atoms with Gasteiger partial charge in [-0.1, -0.05) is 19.4 Å². The number of pyridine rings is 1. The van der Waals surface area contributed by atoms with E-state index in [0.717, 1.165) is 42.9 Å². The molecule has 1 saturated heterocycles. The normalized spacial score (nSPS) is 16.6. The Morgan fingerprint density at radius 3 is 3.04 bits per heavy atom. The number of rotatable bonds is 8. The molecule has 28 heavy (non-hydrogen) atoms. The fourth-order valence-corrected chi connectivity index (χ4v) is 3.94. The third kappa shape index (κ3) is 5.28. The van der Waals surface area contributed by atoms with Crippen LogP contribution < -0.4 is 10.6 Å². The molecule has 0 radical (unpaired) electrons. The van der Waals surface area contributed by atoms with Crippen LogP contribution in [0.5, 0.6) is 0 Å². The van der Waals surface area contributed by atoms with Crippen molar-refractivity contribution in [3.05, 3.63) is 41.2 Å². The van der Waals surface area contributed by atoms with Crippen LogP contribution in [0.4, 0.5) is 5.13 Å². The van der Waals surface area contributed by atoms with E-state index in [9.17, 15) is 9.59 Å². The molecule has 0 saturated carbocycles. The first kappa shape index (κ1) is 20.3. The minimum absolute atomic E-state index is 0.117. The molecule has 8 heteroatoms. The molecule has 0 bridgehead atoms. The number of thiazole rings is 1. The number of nitrogens with one attached hydrogen (secondary N) is 2. The van der Waals surface area contributed by atoms with Gasteiger partial charge < -0.3 is 15.5 Å². The van der Waals surface area contributed by atoms with E-state index in [2.05, 4.69) is 27.5 Å². The number of likely N-dealkylation sites (tertiary alicyclic amines) is 1. The molecule has 150 valence electrons. The van der Waals surface area contributed by atoms with Gasteiger partial charge in [-0.3, -0.25) is 14.6 Å². The van der Waals surface area contributed by atoms with Crippen LogP contribution >= 0.6 is 11.3 Å². The molecule has 3 heterocycles. The van der Waals surface area contributed by atoms with Crippen molar-refractivity contribution in [2.75, 3.05) is 18.4 Å². The Labute approximate surface area is 169 Å². The number of carbonyl (C=O) groups is 2. The van der Waals surface area contributed by atoms with E-state index < -0.39 is 6.04 Å². The Hall–Kier alpha value is -2.48. The third-order valence-electron chi connectivity index (χ3n) is 4.79. The van der Waals surface area contributed by atoms with Gasteiger partial charge in [-0.15, -0.1) is 11.3 Å². The number of hydrogen-bond donors (Lipinski definition) is 2. The maximum atomic E-state index is 13.0. The number of nitrogens with zero attached hydrogens (tertiary/aromatic N) is 3. The number of piperidine rings is 1. The molecule has 2 aromatic heterocycles. The first-order valence-corrected chi connectivity index (χ1v) is 10.7. The summed E-state index contributed by atoms with van der Waals surface area (Å²) in [6.45, 7) is 3.97. The zero-order valence-corrected chi connectivity index (χ0v) is 17.0. The molecule has 0 aliphatic carbocycles. The molecule has 1 atom stereocenters. The van der Waals surface area contributed by atoms with E-state index in [1.807, 2.05) is 12.1 Å². The Kier molecular flexibility index (Phi) is 7.36. The molecule has 2 aromatic rings. The molecular weight excluding hydrogens is 374 g/mol. The average molecular weight is 402 g/mol. The predicted molar refractivity (Wildman–Crippen MR) is 110 cm³/mol. The average Bonchev–Trinajstić information content (AvgIpc) is 3.21. The van der Waals surface area contributed by atoms with Crippen LogP contribution in [-0.2, 0) is 11.3 Å². The van der Waals surface area contributed by atoms with Crippen LogP contribution in [0.1, 0.15) is 55.1 Å². The summed E-state index contributed by atoms with van der Waals surface area (Å²) in [5, 5.41) is 8.72. The predicted octanol–water partition coefficient (Wildman–Crippen LogP) is 3.06. The zero-order valence-electron chi connectivity index (χ0n) is 16.2. The van der Waals surface area contributed by atoms with Crippen LogP contribution in [0, 0.1) is 0 Å². The Bertz CT molecular complexity index is 780. The molecule has 1 unspecified atom stereocenters. The van der Waals surface area contributed by atoms with Crippen LogP contribution in [-0.4, -0.2) is 45.8 Å². The van der Waals surface area contributed by atoms with Crippen molar-refractivity contribution in [1.82, 2.24) is 20.2 Å². The SMILES string of the molecule is CCCCNc1nc(C(=O)N2CCCCC2C(=O)NCc2cccnc2)cs1. The zero-order chi connectivity index (χ0) is 19.8. The largest absolute Gasteiger partial charge is 0.362 e. The van der Waals surface area contributed by atoms with Gasteiger partial charge in [0.15, 0.2) is 5.13 Å². The van der Waals surface area contributed by atoms with Crippen molar-refractivity contribution in [2.45, 2.75) is 51.6 Å². The number of carbonyl (C=O) groups excluding carboxylic acids is 2. The second-order valence-electron chi connectivity index (χ2n) is 6.91. The number of anilines is 1. The third-order valence-corrected chi connectivity index (χ3v) is 5.59. The van der Waals surface area contributed by atoms with E-state index in [0.29, 0.717) is 25.2 Å². The van der Waals surface area contributed by atoms with Crippen molar-refractivity contribution in [1.29, 1.82) is 0 Å². The van der Waals surface area contributed by atoms with E-state index in [1.54, 1.807) is 22.7 Å². The van der Waals surface area contributed by atoms with E-state index in [4.69, 9.17) is 0 Å². The minimum atomic E-state index is -0.448. The monoisotopic (exact) mass is 401 g/mol. The quantitative estimate of drug-likeness (QED) is 0.664. The second-order valence-corrected chi connectivity index (χ2v) is 7.77. The molecule has 0 aromatic carbocycles. The number of unbranched alkanes of at least 4 members (excludes halogenated alkanes) is 1. The molecule has 2 amide bonds. The molecule has 3 rings (SSSR count). The molecule has 1 aliphatic heterocycles. The maximum absolute atomic E-state index is 13.0. The summed E-state index contributed by atoms with van der Waals surface area (Å²) in [7, 11) is 0. The van der Waals surface area contributed by atoms with E-state index in [1.165, 1.54) is 11.3 Å². The molecular formula is C20H27N5O2S. The fourth-order valence-electron chi connectivity index (χ4n) is 3.23. The first-order chi connectivity index (χ1) is 13.7. The lowest BCUT2D eigenvalue weighted by atomic mass is 10.0. The molecule has 1 aliphatic rings. The summed E-state index contributed by atoms with van der Waals surface area (Å²) in [6.07, 6.45) is 8.12. The summed E-state index contributed by atoms with van der Waals surface area (Å²) in [6, 6.07) is 3.31. The van der Waals surface area contributed by atoms with Crippen LogP contribution in [0.15, 0.2) is 29.9 Å². The van der Waals surface area contributed by atoms with E-state index in [-0.39, 0.29) is 11.8 Å². The topological polar surface area (TPSA) is 87.2 Å². The lowest BCUT2D eigenvalue weighted by molar-refractivity contribution is -0.126. The Balaban J connectivity index is 1.61. The highest BCUT2D eigenvalue weighted by Crippen LogP contribution is 2.22. The van der Waals surface area contributed by atoms with Crippen LogP contribution in [0.25, 0.3) is 0 Å². The lowest BCUT2D eigenvalue weighted by Crippen LogP contribution is -2.51. The van der Waals surface area contributed by atoms with Crippen LogP contribution in [0.2, 0.25) is 0 Å². The second kappa shape index (κ2) is 10.2. The van der Waals surface area contributed by atoms with Gasteiger partial charge >= 0.3 is 0 Å². The van der Waals surface area contributed by atoms with Crippen LogP contribution in [0.3, 0.4) is 0 Å². The number of hydrogen-bond acceptors (Lipinski definition) is 6. The van der Waals surface area contributed by atoms with Crippen molar-refractivity contribution >= 4 is 28.3 Å². The standard InChI is InChI=1S/C20H27N5O2S/c1-2-3-10-22-20-24-16(14-28-20)19(27)25-11-5-4-8-17(25)18(26)23-13-15-7-6-9-21-12-15/h6-7,9,12,14,17H,2-5,8,10-11,13H2,1H3,(H,22,24)(H,23,26). The summed E-state index contributed by atoms with van der Waals surface area (Å²) in [5.41, 5.74) is 1.35. The first-order valence-electron chi connectivity index (χ1n) is 9.86. The summed E-state index contributed by atoms with van der Waals surface area (Å²) in [5.74, 6) is -0.283. The molecule has 7 nitrogen and oxygen atoms in total. The van der Waals surface area contributed by atoms with Gasteiger partial charge in [0.1, 0.15) is 11.7 Å². The van der Waals surface area contributed by atoms with Crippen molar-refractivity contribution in [3.8, 4) is 0 Å². The highest BCUT2D eigenvalue weighted by molar-refractivity contribution is 7.13. The summed E-state index contributed by atoms with van der Waals surface area (Å²) >= 11 is 1.43. The summed E-state index contributed by atoms with van der Waals surface area (Å²) < 4.78 is 0. The summed E-state index contributed by atoms with van der Waals surface area (Å²) in [4.78, 5) is 35.9. The fraction of sp³-hybridized carbons (Fsp3) is 0.500. The van der Waals surface area contributed by atoms with Gasteiger partial charge in [0.05, 0.1) is 0 Å². The Morgan fingerprint density at radius 1 is 1.36 bits per heavy atom. The van der Waals surface area contributed by atoms with Gasteiger partial charge in [-0.25, -0.2) is 4.98 Å². The molecule has 2 N–H and O–H groups in total. The van der Waals surface area contributed by atoms with Crippen molar-refractivity contribution < 1.29 is 9.59 Å². The highest BCUT2D eigenvalue weighted by Gasteiger charge is 2.33.